The number of amidine groups is 1. The van der Waals surface area contributed by atoms with Gasteiger partial charge in [-0.15, -0.1) is 0 Å². The standard InChI is InChI=1S/C27H25F2N7O3/c28-27(29)14-18(27)24(37)35-17-6-7-21-19(13-17)36-26(39-21)16-8-9-32-20(12-16)25(38)34-11-10-33-22(23(30)31)15-4-2-1-3-5-15/h1-9,12-13,18,22,33H,10-11,14H2,(H3,30,31)(H,34,38)(H,35,37)/t18-,22+/m0/s1. The quantitative estimate of drug-likeness (QED) is 0.119. The first kappa shape index (κ1) is 25.9. The van der Waals surface area contributed by atoms with Gasteiger partial charge in [0.1, 0.15) is 23.0 Å². The van der Waals surface area contributed by atoms with E-state index in [1.54, 1.807) is 18.2 Å². The van der Waals surface area contributed by atoms with Crippen molar-refractivity contribution in [2.45, 2.75) is 18.4 Å². The summed E-state index contributed by atoms with van der Waals surface area (Å²) in [6.07, 6.45) is 1.01. The highest BCUT2D eigenvalue weighted by molar-refractivity contribution is 5.97. The zero-order chi connectivity index (χ0) is 27.6. The van der Waals surface area contributed by atoms with Gasteiger partial charge in [-0.1, -0.05) is 30.3 Å². The van der Waals surface area contributed by atoms with Crippen LogP contribution in [-0.4, -0.2) is 46.6 Å². The van der Waals surface area contributed by atoms with E-state index in [0.717, 1.165) is 5.56 Å². The Labute approximate surface area is 221 Å². The number of carbonyl (C=O) groups excluding carboxylic acids is 2. The zero-order valence-corrected chi connectivity index (χ0v) is 20.6. The molecule has 0 aliphatic heterocycles. The fraction of sp³-hybridized carbons (Fsp3) is 0.222. The normalized spacial score (nSPS) is 16.4. The van der Waals surface area contributed by atoms with Gasteiger partial charge < -0.3 is 26.1 Å². The molecular formula is C27H25F2N7O3. The Bertz CT molecular complexity index is 1540. The molecule has 2 aromatic heterocycles. The van der Waals surface area contributed by atoms with Crippen molar-refractivity contribution in [3.63, 3.8) is 0 Å². The number of hydrogen-bond acceptors (Lipinski definition) is 7. The molecule has 0 bridgehead atoms. The maximum atomic E-state index is 13.2. The summed E-state index contributed by atoms with van der Waals surface area (Å²) in [5, 5.41) is 16.2. The number of pyridine rings is 1. The van der Waals surface area contributed by atoms with Crippen molar-refractivity contribution >= 4 is 34.4 Å². The van der Waals surface area contributed by atoms with Gasteiger partial charge in [0.15, 0.2) is 5.58 Å². The molecular weight excluding hydrogens is 508 g/mol. The monoisotopic (exact) mass is 533 g/mol. The Morgan fingerprint density at radius 1 is 1.13 bits per heavy atom. The highest BCUT2D eigenvalue weighted by Crippen LogP contribution is 2.49. The van der Waals surface area contributed by atoms with Gasteiger partial charge in [0.25, 0.3) is 11.8 Å². The fourth-order valence-electron chi connectivity index (χ4n) is 4.08. The highest BCUT2D eigenvalue weighted by atomic mass is 19.3. The lowest BCUT2D eigenvalue weighted by Crippen LogP contribution is -2.38. The van der Waals surface area contributed by atoms with Crippen molar-refractivity contribution < 1.29 is 22.8 Å². The summed E-state index contributed by atoms with van der Waals surface area (Å²) < 4.78 is 32.1. The van der Waals surface area contributed by atoms with E-state index in [9.17, 15) is 18.4 Å². The molecule has 39 heavy (non-hydrogen) atoms. The molecule has 0 radical (unpaired) electrons. The first-order valence-corrected chi connectivity index (χ1v) is 12.2. The van der Waals surface area contributed by atoms with Crippen LogP contribution in [0.2, 0.25) is 0 Å². The van der Waals surface area contributed by atoms with Crippen LogP contribution in [0.25, 0.3) is 22.6 Å². The minimum atomic E-state index is -2.95. The van der Waals surface area contributed by atoms with E-state index in [4.69, 9.17) is 15.6 Å². The van der Waals surface area contributed by atoms with E-state index in [2.05, 4.69) is 25.9 Å². The molecule has 2 amide bonds. The third-order valence-corrected chi connectivity index (χ3v) is 6.24. The number of nitrogens with zero attached hydrogens (tertiary/aromatic N) is 2. The molecule has 2 heterocycles. The van der Waals surface area contributed by atoms with Crippen LogP contribution in [0, 0.1) is 11.3 Å². The predicted octanol–water partition coefficient (Wildman–Crippen LogP) is 3.48. The van der Waals surface area contributed by atoms with Crippen LogP contribution >= 0.6 is 0 Å². The molecule has 1 aliphatic carbocycles. The molecule has 0 unspecified atom stereocenters. The van der Waals surface area contributed by atoms with Gasteiger partial charge in [0.2, 0.25) is 11.8 Å². The number of carbonyl (C=O) groups is 2. The Morgan fingerprint density at radius 2 is 1.90 bits per heavy atom. The lowest BCUT2D eigenvalue weighted by atomic mass is 10.1. The van der Waals surface area contributed by atoms with Gasteiger partial charge in [-0.05, 0) is 35.9 Å². The minimum Gasteiger partial charge on any atom is -0.436 e. The Hall–Kier alpha value is -4.71. The molecule has 10 nitrogen and oxygen atoms in total. The van der Waals surface area contributed by atoms with Gasteiger partial charge in [0.05, 0.1) is 6.04 Å². The van der Waals surface area contributed by atoms with E-state index < -0.39 is 36.1 Å². The van der Waals surface area contributed by atoms with Crippen LogP contribution in [0.1, 0.15) is 28.5 Å². The second-order valence-corrected chi connectivity index (χ2v) is 9.15. The fourth-order valence-corrected chi connectivity index (χ4v) is 4.08. The first-order chi connectivity index (χ1) is 18.7. The number of nitrogens with two attached hydrogens (primary N) is 1. The number of hydrogen-bond donors (Lipinski definition) is 5. The number of rotatable bonds is 10. The third-order valence-electron chi connectivity index (χ3n) is 6.24. The van der Waals surface area contributed by atoms with Crippen LogP contribution in [-0.2, 0) is 4.79 Å². The van der Waals surface area contributed by atoms with Crippen LogP contribution in [0.4, 0.5) is 14.5 Å². The lowest BCUT2D eigenvalue weighted by Gasteiger charge is -2.18. The van der Waals surface area contributed by atoms with Gasteiger partial charge in [-0.2, -0.15) is 0 Å². The van der Waals surface area contributed by atoms with Crippen LogP contribution in [0.15, 0.2) is 71.3 Å². The Kier molecular flexibility index (Phi) is 7.03. The predicted molar refractivity (Wildman–Crippen MR) is 140 cm³/mol. The van der Waals surface area contributed by atoms with Crippen molar-refractivity contribution in [1.82, 2.24) is 20.6 Å². The van der Waals surface area contributed by atoms with Gasteiger partial charge in [-0.25, -0.2) is 13.8 Å². The number of aromatic nitrogens is 2. The summed E-state index contributed by atoms with van der Waals surface area (Å²) in [6.45, 7) is 0.637. The van der Waals surface area contributed by atoms with Gasteiger partial charge >= 0.3 is 0 Å². The molecule has 5 rings (SSSR count). The van der Waals surface area contributed by atoms with Gasteiger partial charge in [-0.3, -0.25) is 20.0 Å². The topological polar surface area (TPSA) is 159 Å². The van der Waals surface area contributed by atoms with E-state index in [1.807, 2.05) is 30.3 Å². The van der Waals surface area contributed by atoms with E-state index in [0.29, 0.717) is 28.9 Å². The SMILES string of the molecule is N=C(N)[C@H](NCCNC(=O)c1cc(-c2nc3cc(NC(=O)[C@@H]4CC4(F)F)ccc3o2)ccn1)c1ccccc1. The van der Waals surface area contributed by atoms with Crippen molar-refractivity contribution in [3.05, 3.63) is 78.1 Å². The van der Waals surface area contributed by atoms with Crippen LogP contribution < -0.4 is 21.7 Å². The highest BCUT2D eigenvalue weighted by Gasteiger charge is 2.61. The van der Waals surface area contributed by atoms with Crippen molar-refractivity contribution in [3.8, 4) is 11.5 Å². The summed E-state index contributed by atoms with van der Waals surface area (Å²) in [7, 11) is 0. The van der Waals surface area contributed by atoms with Gasteiger partial charge in [0, 0.05) is 37.0 Å². The molecule has 0 saturated heterocycles. The van der Waals surface area contributed by atoms with E-state index in [1.165, 1.54) is 18.3 Å². The number of halogens is 2. The van der Waals surface area contributed by atoms with Crippen LogP contribution in [0.5, 0.6) is 0 Å². The summed E-state index contributed by atoms with van der Waals surface area (Å²) >= 11 is 0. The van der Waals surface area contributed by atoms with E-state index in [-0.39, 0.29) is 24.0 Å². The Balaban J connectivity index is 1.20. The molecule has 200 valence electrons. The molecule has 0 spiro atoms. The first-order valence-electron chi connectivity index (χ1n) is 12.2. The van der Waals surface area contributed by atoms with Crippen molar-refractivity contribution in [2.24, 2.45) is 11.7 Å². The molecule has 4 aromatic rings. The molecule has 1 saturated carbocycles. The summed E-state index contributed by atoms with van der Waals surface area (Å²) in [4.78, 5) is 33.2. The summed E-state index contributed by atoms with van der Waals surface area (Å²) in [5.41, 5.74) is 8.40. The Morgan fingerprint density at radius 3 is 2.62 bits per heavy atom. The lowest BCUT2D eigenvalue weighted by molar-refractivity contribution is -0.119. The second kappa shape index (κ2) is 10.6. The molecule has 1 aliphatic rings. The molecule has 2 aromatic carbocycles. The largest absolute Gasteiger partial charge is 0.436 e. The average molecular weight is 534 g/mol. The molecule has 12 heteroatoms. The number of anilines is 1. The smallest absolute Gasteiger partial charge is 0.269 e. The van der Waals surface area contributed by atoms with Crippen molar-refractivity contribution in [2.75, 3.05) is 18.4 Å². The summed E-state index contributed by atoms with van der Waals surface area (Å²) in [6, 6.07) is 16.7. The number of nitrogens with one attached hydrogen (secondary N) is 4. The minimum absolute atomic E-state index is 0.0285. The molecule has 1 fully saturated rings. The van der Waals surface area contributed by atoms with E-state index >= 15 is 0 Å². The van der Waals surface area contributed by atoms with Crippen molar-refractivity contribution in [1.29, 1.82) is 5.41 Å². The maximum Gasteiger partial charge on any atom is 0.269 e. The molecule has 2 atom stereocenters. The average Bonchev–Trinajstić information content (AvgIpc) is 3.36. The zero-order valence-electron chi connectivity index (χ0n) is 20.6. The number of benzene rings is 2. The van der Waals surface area contributed by atoms with Crippen LogP contribution in [0.3, 0.4) is 0 Å². The second-order valence-electron chi connectivity index (χ2n) is 9.15. The summed E-state index contributed by atoms with van der Waals surface area (Å²) in [5.74, 6) is -5.20. The third kappa shape index (κ3) is 5.91. The molecule has 6 N–H and O–H groups in total. The number of fused-ring (bicyclic) bond motifs is 1. The number of amides is 2. The number of alkyl halides is 2. The maximum absolute atomic E-state index is 13.2. The number of oxazole rings is 1.